The van der Waals surface area contributed by atoms with Gasteiger partial charge in [0.15, 0.2) is 0 Å². The molecule has 1 aromatic carbocycles. The molecule has 6 heteroatoms. The van der Waals surface area contributed by atoms with Gasteiger partial charge < -0.3 is 9.88 Å². The summed E-state index contributed by atoms with van der Waals surface area (Å²) in [6.07, 6.45) is 3.46. The second-order valence-electron chi connectivity index (χ2n) is 3.76. The summed E-state index contributed by atoms with van der Waals surface area (Å²) >= 11 is 2.00. The Morgan fingerprint density at radius 3 is 3.00 bits per heavy atom. The summed E-state index contributed by atoms with van der Waals surface area (Å²) in [5.41, 5.74) is 0.338. The number of halogens is 2. The molecule has 1 N–H and O–H groups in total. The first kappa shape index (κ1) is 13.0. The van der Waals surface area contributed by atoms with Crippen molar-refractivity contribution in [1.29, 1.82) is 0 Å². The maximum absolute atomic E-state index is 13.1. The highest BCUT2D eigenvalue weighted by atomic mass is 127. The molecule has 94 valence electrons. The highest BCUT2D eigenvalue weighted by Crippen LogP contribution is 2.13. The van der Waals surface area contributed by atoms with Gasteiger partial charge in [0.2, 0.25) is 0 Å². The maximum Gasteiger partial charge on any atom is 0.252 e. The monoisotopic (exact) mass is 359 g/mol. The average Bonchev–Trinajstić information content (AvgIpc) is 2.75. The Morgan fingerprint density at radius 2 is 2.33 bits per heavy atom. The molecule has 0 aliphatic carbocycles. The molecular formula is C12H11FIN3O. The number of aryl methyl sites for hydroxylation is 1. The maximum atomic E-state index is 13.1. The Kier molecular flexibility index (Phi) is 3.95. The molecule has 0 saturated carbocycles. The molecule has 0 radical (unpaired) electrons. The Labute approximate surface area is 117 Å². The molecular weight excluding hydrogens is 348 g/mol. The van der Waals surface area contributed by atoms with E-state index in [9.17, 15) is 9.18 Å². The van der Waals surface area contributed by atoms with E-state index in [0.29, 0.717) is 15.7 Å². The molecule has 0 saturated heterocycles. The third-order valence-corrected chi connectivity index (χ3v) is 3.44. The topological polar surface area (TPSA) is 46.9 Å². The zero-order chi connectivity index (χ0) is 13.1. The van der Waals surface area contributed by atoms with Gasteiger partial charge in [0.05, 0.1) is 12.1 Å². The normalized spacial score (nSPS) is 10.4. The van der Waals surface area contributed by atoms with Crippen LogP contribution in [0.4, 0.5) is 4.39 Å². The first-order chi connectivity index (χ1) is 8.58. The van der Waals surface area contributed by atoms with Crippen LogP contribution in [0, 0.1) is 9.39 Å². The third-order valence-electron chi connectivity index (χ3n) is 2.50. The Balaban J connectivity index is 2.08. The lowest BCUT2D eigenvalue weighted by Gasteiger charge is -2.07. The van der Waals surface area contributed by atoms with Crippen LogP contribution in [-0.2, 0) is 13.6 Å². The number of rotatable bonds is 3. The molecule has 0 aliphatic rings. The fraction of sp³-hybridized carbons (Fsp3) is 0.167. The van der Waals surface area contributed by atoms with Gasteiger partial charge in [0, 0.05) is 23.0 Å². The SMILES string of the molecule is Cn1ccnc1CNC(=O)c1cc(F)ccc1I. The van der Waals surface area contributed by atoms with Crippen LogP contribution < -0.4 is 5.32 Å². The van der Waals surface area contributed by atoms with Crippen LogP contribution in [0.3, 0.4) is 0 Å². The number of benzene rings is 1. The predicted molar refractivity (Wildman–Crippen MR) is 73.5 cm³/mol. The van der Waals surface area contributed by atoms with Crippen molar-refractivity contribution >= 4 is 28.5 Å². The van der Waals surface area contributed by atoms with Crippen LogP contribution in [0.5, 0.6) is 0 Å². The smallest absolute Gasteiger partial charge is 0.252 e. The first-order valence-electron chi connectivity index (χ1n) is 5.27. The average molecular weight is 359 g/mol. The van der Waals surface area contributed by atoms with E-state index in [0.717, 1.165) is 5.82 Å². The van der Waals surface area contributed by atoms with Crippen molar-refractivity contribution in [2.45, 2.75) is 6.54 Å². The molecule has 0 unspecified atom stereocenters. The summed E-state index contributed by atoms with van der Waals surface area (Å²) in [5, 5.41) is 2.72. The number of carbonyl (C=O) groups is 1. The van der Waals surface area contributed by atoms with Crippen LogP contribution >= 0.6 is 22.6 Å². The molecule has 0 bridgehead atoms. The Hall–Kier alpha value is -1.44. The minimum atomic E-state index is -0.419. The molecule has 1 heterocycles. The largest absolute Gasteiger partial charge is 0.345 e. The number of hydrogen-bond acceptors (Lipinski definition) is 2. The lowest BCUT2D eigenvalue weighted by atomic mass is 10.2. The standard InChI is InChI=1S/C12H11FIN3O/c1-17-5-4-15-11(17)7-16-12(18)9-6-8(13)2-3-10(9)14/h2-6H,7H2,1H3,(H,16,18). The summed E-state index contributed by atoms with van der Waals surface area (Å²) in [6, 6.07) is 4.14. The van der Waals surface area contributed by atoms with E-state index < -0.39 is 5.82 Å². The van der Waals surface area contributed by atoms with Crippen LogP contribution in [0.1, 0.15) is 16.2 Å². The quantitative estimate of drug-likeness (QED) is 0.854. The van der Waals surface area contributed by atoms with Crippen molar-refractivity contribution in [1.82, 2.24) is 14.9 Å². The highest BCUT2D eigenvalue weighted by Gasteiger charge is 2.11. The predicted octanol–water partition coefficient (Wildman–Crippen LogP) is 2.09. The van der Waals surface area contributed by atoms with E-state index in [1.165, 1.54) is 12.1 Å². The second-order valence-corrected chi connectivity index (χ2v) is 4.92. The lowest BCUT2D eigenvalue weighted by Crippen LogP contribution is -2.25. The number of aromatic nitrogens is 2. The van der Waals surface area contributed by atoms with E-state index in [4.69, 9.17) is 0 Å². The van der Waals surface area contributed by atoms with Gasteiger partial charge in [-0.15, -0.1) is 0 Å². The summed E-state index contributed by atoms with van der Waals surface area (Å²) < 4.78 is 15.6. The van der Waals surface area contributed by atoms with Crippen molar-refractivity contribution in [2.75, 3.05) is 0 Å². The van der Waals surface area contributed by atoms with E-state index in [2.05, 4.69) is 10.3 Å². The van der Waals surface area contributed by atoms with Crippen molar-refractivity contribution in [3.05, 3.63) is 51.4 Å². The molecule has 0 spiro atoms. The van der Waals surface area contributed by atoms with E-state index in [-0.39, 0.29) is 5.91 Å². The van der Waals surface area contributed by atoms with Gasteiger partial charge in [-0.1, -0.05) is 0 Å². The van der Waals surface area contributed by atoms with Gasteiger partial charge >= 0.3 is 0 Å². The molecule has 4 nitrogen and oxygen atoms in total. The number of nitrogens with one attached hydrogen (secondary N) is 1. The molecule has 0 aliphatic heterocycles. The van der Waals surface area contributed by atoms with E-state index in [1.54, 1.807) is 18.5 Å². The van der Waals surface area contributed by atoms with Crippen LogP contribution in [0.15, 0.2) is 30.6 Å². The zero-order valence-corrected chi connectivity index (χ0v) is 11.8. The molecule has 0 atom stereocenters. The minimum absolute atomic E-state index is 0.304. The van der Waals surface area contributed by atoms with Crippen molar-refractivity contribution in [2.24, 2.45) is 7.05 Å². The summed E-state index contributed by atoms with van der Waals surface area (Å²) in [5.74, 6) is 0.0224. The van der Waals surface area contributed by atoms with E-state index >= 15 is 0 Å². The van der Waals surface area contributed by atoms with Gasteiger partial charge in [0.1, 0.15) is 11.6 Å². The van der Waals surface area contributed by atoms with Gasteiger partial charge in [-0.2, -0.15) is 0 Å². The minimum Gasteiger partial charge on any atom is -0.345 e. The number of amides is 1. The molecule has 1 aromatic heterocycles. The fourth-order valence-corrected chi connectivity index (χ4v) is 2.07. The van der Waals surface area contributed by atoms with Gasteiger partial charge in [-0.25, -0.2) is 9.37 Å². The Bertz CT molecular complexity index is 582. The molecule has 2 rings (SSSR count). The van der Waals surface area contributed by atoms with Gasteiger partial charge in [-0.3, -0.25) is 4.79 Å². The van der Waals surface area contributed by atoms with Crippen LogP contribution in [0.2, 0.25) is 0 Å². The number of hydrogen-bond donors (Lipinski definition) is 1. The van der Waals surface area contributed by atoms with E-state index in [1.807, 2.05) is 34.2 Å². The van der Waals surface area contributed by atoms with Crippen molar-refractivity contribution in [3.63, 3.8) is 0 Å². The molecule has 2 aromatic rings. The van der Waals surface area contributed by atoms with Gasteiger partial charge in [-0.05, 0) is 40.8 Å². The van der Waals surface area contributed by atoms with Crippen molar-refractivity contribution < 1.29 is 9.18 Å². The molecule has 1 amide bonds. The zero-order valence-electron chi connectivity index (χ0n) is 9.65. The summed E-state index contributed by atoms with van der Waals surface area (Å²) in [6.45, 7) is 0.314. The lowest BCUT2D eigenvalue weighted by molar-refractivity contribution is 0.0948. The van der Waals surface area contributed by atoms with Gasteiger partial charge in [0.25, 0.3) is 5.91 Å². The Morgan fingerprint density at radius 1 is 1.56 bits per heavy atom. The number of imidazole rings is 1. The highest BCUT2D eigenvalue weighted by molar-refractivity contribution is 14.1. The summed E-state index contributed by atoms with van der Waals surface area (Å²) in [7, 11) is 1.85. The van der Waals surface area contributed by atoms with Crippen molar-refractivity contribution in [3.8, 4) is 0 Å². The first-order valence-corrected chi connectivity index (χ1v) is 6.35. The third kappa shape index (κ3) is 2.87. The number of carbonyl (C=O) groups excluding carboxylic acids is 1. The second kappa shape index (κ2) is 5.47. The van der Waals surface area contributed by atoms with Crippen LogP contribution in [0.25, 0.3) is 0 Å². The molecule has 18 heavy (non-hydrogen) atoms. The molecule has 0 fully saturated rings. The summed E-state index contributed by atoms with van der Waals surface area (Å²) in [4.78, 5) is 16.0. The fourth-order valence-electron chi connectivity index (χ4n) is 1.49. The van der Waals surface area contributed by atoms with Crippen LogP contribution in [-0.4, -0.2) is 15.5 Å². The number of nitrogens with zero attached hydrogens (tertiary/aromatic N) is 2.